The second kappa shape index (κ2) is 7.90. The van der Waals surface area contributed by atoms with Crippen LogP contribution in [0.1, 0.15) is 16.1 Å². The number of rotatable bonds is 5. The van der Waals surface area contributed by atoms with E-state index in [0.29, 0.717) is 34.0 Å². The number of benzene rings is 3. The molecule has 0 bridgehead atoms. The molecule has 6 nitrogen and oxygen atoms in total. The highest BCUT2D eigenvalue weighted by atomic mass is 35.5. The average Bonchev–Trinajstić information content (AvgIpc) is 3.22. The van der Waals surface area contributed by atoms with Crippen LogP contribution in [0.5, 0.6) is 11.5 Å². The van der Waals surface area contributed by atoms with Crippen LogP contribution < -0.4 is 9.47 Å². The van der Waals surface area contributed by atoms with E-state index in [2.05, 4.69) is 11.2 Å². The lowest BCUT2D eigenvalue weighted by Crippen LogP contribution is -2.03. The Balaban J connectivity index is 2.09. The molecule has 148 valence electrons. The number of halogens is 1. The predicted octanol–water partition coefficient (Wildman–Crippen LogP) is 4.96. The van der Waals surface area contributed by atoms with Crippen LogP contribution in [0, 0.1) is 11.3 Å². The van der Waals surface area contributed by atoms with Gasteiger partial charge in [0.25, 0.3) is 5.24 Å². The van der Waals surface area contributed by atoms with Gasteiger partial charge in [0.05, 0.1) is 42.8 Å². The van der Waals surface area contributed by atoms with Crippen LogP contribution in [-0.4, -0.2) is 29.2 Å². The summed E-state index contributed by atoms with van der Waals surface area (Å²) in [6.07, 6.45) is 0. The number of methoxy groups -OCH3 is 2. The van der Waals surface area contributed by atoms with E-state index >= 15 is 0 Å². The quantitative estimate of drug-likeness (QED) is 0.429. The normalized spacial score (nSPS) is 10.6. The van der Waals surface area contributed by atoms with E-state index in [1.165, 1.54) is 0 Å². The van der Waals surface area contributed by atoms with Crippen molar-refractivity contribution >= 4 is 27.6 Å². The maximum Gasteiger partial charge on any atom is 0.272 e. The third-order valence-electron chi connectivity index (χ3n) is 4.84. The Kier molecular flexibility index (Phi) is 5.13. The molecular formula is C23H16ClN3O3. The molecule has 30 heavy (non-hydrogen) atoms. The van der Waals surface area contributed by atoms with Gasteiger partial charge in [-0.3, -0.25) is 4.79 Å². The molecule has 0 atom stereocenters. The summed E-state index contributed by atoms with van der Waals surface area (Å²) >= 11 is 5.76. The Bertz CT molecular complexity index is 1300. The number of carbonyl (C=O) groups excluding carboxylic acids is 1. The van der Waals surface area contributed by atoms with Crippen molar-refractivity contribution in [2.45, 2.75) is 0 Å². The van der Waals surface area contributed by atoms with E-state index in [9.17, 15) is 10.1 Å². The Morgan fingerprint density at radius 1 is 1.00 bits per heavy atom. The molecule has 4 aromatic rings. The number of hydrogen-bond donors (Lipinski definition) is 0. The first-order valence-electron chi connectivity index (χ1n) is 9.02. The van der Waals surface area contributed by atoms with Gasteiger partial charge in [-0.1, -0.05) is 30.3 Å². The van der Waals surface area contributed by atoms with E-state index in [4.69, 9.17) is 21.1 Å². The molecule has 0 saturated carbocycles. The fraction of sp³-hybridized carbons (Fsp3) is 0.0870. The van der Waals surface area contributed by atoms with E-state index in [-0.39, 0.29) is 5.69 Å². The molecule has 0 amide bonds. The average molecular weight is 418 g/mol. The number of nitriles is 1. The molecule has 0 aliphatic heterocycles. The summed E-state index contributed by atoms with van der Waals surface area (Å²) in [5, 5.41) is 14.8. The summed E-state index contributed by atoms with van der Waals surface area (Å²) in [5.41, 5.74) is 2.53. The van der Waals surface area contributed by atoms with Gasteiger partial charge in [0, 0.05) is 10.8 Å². The monoisotopic (exact) mass is 417 g/mol. The fourth-order valence-electron chi connectivity index (χ4n) is 3.51. The van der Waals surface area contributed by atoms with Crippen LogP contribution in [0.15, 0.2) is 60.7 Å². The molecule has 0 aliphatic carbocycles. The highest BCUT2D eigenvalue weighted by Crippen LogP contribution is 2.40. The minimum Gasteiger partial charge on any atom is -0.496 e. The SMILES string of the molecule is COc1cccc(OC)c1-c1cc(C(=O)Cl)nn1-c1ccc(C#N)c2ccccc12. The maximum absolute atomic E-state index is 11.9. The molecule has 4 rings (SSSR count). The number of carbonyl (C=O) groups is 1. The van der Waals surface area contributed by atoms with Gasteiger partial charge in [0.2, 0.25) is 0 Å². The van der Waals surface area contributed by atoms with Crippen molar-refractivity contribution in [1.82, 2.24) is 9.78 Å². The minimum atomic E-state index is -0.679. The Labute approximate surface area is 177 Å². The Morgan fingerprint density at radius 2 is 1.67 bits per heavy atom. The van der Waals surface area contributed by atoms with Crippen molar-refractivity contribution in [1.29, 1.82) is 5.26 Å². The highest BCUT2D eigenvalue weighted by Gasteiger charge is 2.22. The summed E-state index contributed by atoms with van der Waals surface area (Å²) in [7, 11) is 3.12. The molecule has 1 aromatic heterocycles. The first-order valence-corrected chi connectivity index (χ1v) is 9.40. The van der Waals surface area contributed by atoms with Crippen LogP contribution in [0.3, 0.4) is 0 Å². The number of ether oxygens (including phenoxy) is 2. The van der Waals surface area contributed by atoms with Gasteiger partial charge in [-0.2, -0.15) is 10.4 Å². The number of hydrogen-bond acceptors (Lipinski definition) is 5. The molecule has 0 fully saturated rings. The first-order chi connectivity index (χ1) is 14.6. The number of aromatic nitrogens is 2. The lowest BCUT2D eigenvalue weighted by atomic mass is 10.0. The predicted molar refractivity (Wildman–Crippen MR) is 115 cm³/mol. The van der Waals surface area contributed by atoms with Gasteiger partial charge in [-0.15, -0.1) is 0 Å². The second-order valence-corrected chi connectivity index (χ2v) is 6.77. The summed E-state index contributed by atoms with van der Waals surface area (Å²) in [4.78, 5) is 11.9. The van der Waals surface area contributed by atoms with Crippen LogP contribution >= 0.6 is 11.6 Å². The van der Waals surface area contributed by atoms with Crippen molar-refractivity contribution in [3.8, 4) is 34.5 Å². The van der Waals surface area contributed by atoms with E-state index in [1.54, 1.807) is 49.2 Å². The summed E-state index contributed by atoms with van der Waals surface area (Å²) in [5.74, 6) is 1.11. The molecule has 0 spiro atoms. The minimum absolute atomic E-state index is 0.0908. The molecule has 3 aromatic carbocycles. The molecular weight excluding hydrogens is 402 g/mol. The summed E-state index contributed by atoms with van der Waals surface area (Å²) < 4.78 is 12.7. The fourth-order valence-corrected chi connectivity index (χ4v) is 3.60. The van der Waals surface area contributed by atoms with Gasteiger partial charge in [0.15, 0.2) is 0 Å². The summed E-state index contributed by atoms with van der Waals surface area (Å²) in [6, 6.07) is 20.3. The van der Waals surface area contributed by atoms with Crippen LogP contribution in [-0.2, 0) is 0 Å². The molecule has 0 unspecified atom stereocenters. The van der Waals surface area contributed by atoms with Crippen LogP contribution in [0.25, 0.3) is 27.7 Å². The third kappa shape index (κ3) is 3.15. The molecule has 7 heteroatoms. The second-order valence-electron chi connectivity index (χ2n) is 6.43. The maximum atomic E-state index is 11.9. The van der Waals surface area contributed by atoms with Crippen molar-refractivity contribution in [3.05, 3.63) is 71.9 Å². The molecule has 0 radical (unpaired) electrons. The zero-order valence-electron chi connectivity index (χ0n) is 16.2. The lowest BCUT2D eigenvalue weighted by molar-refractivity contribution is 0.107. The Hall–Kier alpha value is -3.82. The van der Waals surface area contributed by atoms with Crippen molar-refractivity contribution in [2.24, 2.45) is 0 Å². The third-order valence-corrected chi connectivity index (χ3v) is 5.04. The van der Waals surface area contributed by atoms with Gasteiger partial charge in [-0.05, 0) is 41.9 Å². The van der Waals surface area contributed by atoms with E-state index in [0.717, 1.165) is 10.8 Å². The standard InChI is InChI=1S/C23H16ClN3O3/c1-29-20-8-5-9-21(30-2)22(20)19-12-17(23(24)28)26-27(19)18-11-10-14(13-25)15-6-3-4-7-16(15)18/h3-12H,1-2H3. The number of fused-ring (bicyclic) bond motifs is 1. The van der Waals surface area contributed by atoms with E-state index < -0.39 is 5.24 Å². The first kappa shape index (κ1) is 19.5. The van der Waals surface area contributed by atoms with Gasteiger partial charge >= 0.3 is 0 Å². The van der Waals surface area contributed by atoms with Gasteiger partial charge < -0.3 is 9.47 Å². The number of nitrogens with zero attached hydrogens (tertiary/aromatic N) is 3. The largest absolute Gasteiger partial charge is 0.496 e. The topological polar surface area (TPSA) is 77.1 Å². The van der Waals surface area contributed by atoms with Crippen molar-refractivity contribution in [2.75, 3.05) is 14.2 Å². The summed E-state index contributed by atoms with van der Waals surface area (Å²) in [6.45, 7) is 0. The Morgan fingerprint density at radius 3 is 2.27 bits per heavy atom. The molecule has 0 N–H and O–H groups in total. The van der Waals surface area contributed by atoms with Crippen LogP contribution in [0.2, 0.25) is 0 Å². The van der Waals surface area contributed by atoms with Gasteiger partial charge in [-0.25, -0.2) is 4.68 Å². The van der Waals surface area contributed by atoms with Crippen molar-refractivity contribution < 1.29 is 14.3 Å². The molecule has 0 saturated heterocycles. The molecule has 0 aliphatic rings. The zero-order chi connectivity index (χ0) is 21.3. The van der Waals surface area contributed by atoms with Crippen molar-refractivity contribution in [3.63, 3.8) is 0 Å². The van der Waals surface area contributed by atoms with Gasteiger partial charge in [0.1, 0.15) is 17.2 Å². The van der Waals surface area contributed by atoms with E-state index in [1.807, 2.05) is 30.3 Å². The lowest BCUT2D eigenvalue weighted by Gasteiger charge is -2.16. The zero-order valence-corrected chi connectivity index (χ0v) is 17.0. The molecule has 1 heterocycles. The smallest absolute Gasteiger partial charge is 0.272 e. The highest BCUT2D eigenvalue weighted by molar-refractivity contribution is 6.67. The van der Waals surface area contributed by atoms with Crippen LogP contribution in [0.4, 0.5) is 0 Å².